The van der Waals surface area contributed by atoms with Gasteiger partial charge in [-0.15, -0.1) is 0 Å². The summed E-state index contributed by atoms with van der Waals surface area (Å²) in [7, 11) is -0.580. The molecule has 0 aliphatic carbocycles. The first-order valence-electron chi connectivity index (χ1n) is 13.1. The summed E-state index contributed by atoms with van der Waals surface area (Å²) in [6.45, 7) is 2.50. The van der Waals surface area contributed by atoms with Gasteiger partial charge < -0.3 is 19.3 Å². The number of hydrogen-bond donors (Lipinski definition) is 0. The third-order valence-corrected chi connectivity index (χ3v) is 8.78. The molecule has 1 saturated heterocycles. The van der Waals surface area contributed by atoms with E-state index in [1.807, 2.05) is 24.3 Å². The van der Waals surface area contributed by atoms with Gasteiger partial charge in [0.05, 0.1) is 32.4 Å². The van der Waals surface area contributed by atoms with Gasteiger partial charge in [0.15, 0.2) is 0 Å². The maximum absolute atomic E-state index is 13.9. The molecule has 1 fully saturated rings. The number of carbonyl (C=O) groups excluding carboxylic acids is 2. The predicted octanol–water partition coefficient (Wildman–Crippen LogP) is 2.69. The van der Waals surface area contributed by atoms with Crippen LogP contribution in [-0.2, 0) is 37.3 Å². The lowest BCUT2D eigenvalue weighted by molar-refractivity contribution is -0.137. The van der Waals surface area contributed by atoms with Crippen LogP contribution in [0, 0.1) is 5.82 Å². The van der Waals surface area contributed by atoms with Crippen LogP contribution in [0.2, 0.25) is 0 Å². The van der Waals surface area contributed by atoms with E-state index in [2.05, 4.69) is 0 Å². The van der Waals surface area contributed by atoms with Gasteiger partial charge in [0, 0.05) is 39.3 Å². The monoisotopic (exact) mass is 563 g/mol. The lowest BCUT2D eigenvalue weighted by Crippen LogP contribution is -2.51. The Morgan fingerprint density at radius 3 is 2.33 bits per heavy atom. The highest BCUT2D eigenvalue weighted by atomic mass is 32.2. The van der Waals surface area contributed by atoms with E-state index in [9.17, 15) is 22.4 Å². The fraction of sp³-hybridized carbons (Fsp3) is 0.500. The number of piperidine rings is 1. The fourth-order valence-electron chi connectivity index (χ4n) is 4.64. The first-order valence-corrected chi connectivity index (χ1v) is 14.7. The molecule has 1 aliphatic heterocycles. The standard InChI is InChI=1S/C28H38FN3O6S/c1-4-39(35,36)31(16-17-37-2)21-28(34)32(20-23-6-5-7-24(29)18-23)25-12-14-30(15-13-25)27(33)19-22-8-10-26(38-3)11-9-22/h5-11,18,25H,4,12-17,19-21H2,1-3H3. The summed E-state index contributed by atoms with van der Waals surface area (Å²) in [4.78, 5) is 29.9. The van der Waals surface area contributed by atoms with E-state index in [4.69, 9.17) is 9.47 Å². The molecule has 9 nitrogen and oxygen atoms in total. The molecular weight excluding hydrogens is 525 g/mol. The summed E-state index contributed by atoms with van der Waals surface area (Å²) in [5, 5.41) is 0. The Balaban J connectivity index is 1.71. The van der Waals surface area contributed by atoms with Gasteiger partial charge in [-0.2, -0.15) is 4.31 Å². The van der Waals surface area contributed by atoms with Crippen molar-refractivity contribution in [3.05, 3.63) is 65.5 Å². The number of ether oxygens (including phenoxy) is 2. The number of likely N-dealkylation sites (tertiary alicyclic amines) is 1. The molecule has 0 radical (unpaired) electrons. The van der Waals surface area contributed by atoms with Crippen molar-refractivity contribution >= 4 is 21.8 Å². The van der Waals surface area contributed by atoms with Crippen LogP contribution in [0.25, 0.3) is 0 Å². The van der Waals surface area contributed by atoms with E-state index in [1.165, 1.54) is 26.2 Å². The van der Waals surface area contributed by atoms with E-state index in [-0.39, 0.29) is 56.3 Å². The Labute approximate surface area is 230 Å². The molecule has 2 aromatic rings. The molecule has 11 heteroatoms. The van der Waals surface area contributed by atoms with Crippen LogP contribution < -0.4 is 4.74 Å². The highest BCUT2D eigenvalue weighted by Gasteiger charge is 2.32. The molecule has 2 amide bonds. The van der Waals surface area contributed by atoms with Gasteiger partial charge in [-0.25, -0.2) is 12.8 Å². The number of methoxy groups -OCH3 is 2. The minimum absolute atomic E-state index is 0.00130. The van der Waals surface area contributed by atoms with E-state index >= 15 is 0 Å². The van der Waals surface area contributed by atoms with E-state index in [0.717, 1.165) is 15.6 Å². The minimum atomic E-state index is -3.64. The molecule has 214 valence electrons. The molecule has 0 spiro atoms. The van der Waals surface area contributed by atoms with Crippen LogP contribution >= 0.6 is 0 Å². The van der Waals surface area contributed by atoms with Crippen molar-refractivity contribution in [3.63, 3.8) is 0 Å². The fourth-order valence-corrected chi connectivity index (χ4v) is 5.67. The smallest absolute Gasteiger partial charge is 0.238 e. The second-order valence-corrected chi connectivity index (χ2v) is 11.8. The SMILES string of the molecule is CCS(=O)(=O)N(CCOC)CC(=O)N(Cc1cccc(F)c1)C1CCN(C(=O)Cc2ccc(OC)cc2)CC1. The molecule has 0 N–H and O–H groups in total. The summed E-state index contributed by atoms with van der Waals surface area (Å²) in [5.41, 5.74) is 1.50. The zero-order valence-corrected chi connectivity index (χ0v) is 23.7. The summed E-state index contributed by atoms with van der Waals surface area (Å²) >= 11 is 0. The number of halogens is 1. The second-order valence-electron chi connectivity index (χ2n) is 9.52. The molecule has 3 rings (SSSR count). The number of amides is 2. The molecule has 0 saturated carbocycles. The first-order chi connectivity index (χ1) is 18.7. The van der Waals surface area contributed by atoms with Gasteiger partial charge in [-0.05, 0) is 55.2 Å². The van der Waals surface area contributed by atoms with Crippen LogP contribution in [0.5, 0.6) is 5.75 Å². The summed E-state index contributed by atoms with van der Waals surface area (Å²) < 4.78 is 50.6. The number of rotatable bonds is 13. The van der Waals surface area contributed by atoms with Crippen molar-refractivity contribution in [2.24, 2.45) is 0 Å². The molecule has 1 aliphatic rings. The Hall–Kier alpha value is -3.02. The highest BCUT2D eigenvalue weighted by Crippen LogP contribution is 2.22. The first kappa shape index (κ1) is 30.5. The normalized spacial score (nSPS) is 14.4. The number of benzene rings is 2. The molecule has 0 bridgehead atoms. The van der Waals surface area contributed by atoms with Crippen molar-refractivity contribution < 1.29 is 31.9 Å². The van der Waals surface area contributed by atoms with E-state index in [1.54, 1.807) is 29.0 Å². The molecule has 2 aromatic carbocycles. The Kier molecular flexibility index (Phi) is 11.3. The molecule has 0 atom stereocenters. The minimum Gasteiger partial charge on any atom is -0.497 e. The van der Waals surface area contributed by atoms with Gasteiger partial charge in [-0.1, -0.05) is 24.3 Å². The lowest BCUT2D eigenvalue weighted by atomic mass is 10.0. The van der Waals surface area contributed by atoms with E-state index < -0.39 is 15.8 Å². The molecule has 39 heavy (non-hydrogen) atoms. The topological polar surface area (TPSA) is 96.5 Å². The molecule has 0 aromatic heterocycles. The van der Waals surface area contributed by atoms with Crippen LogP contribution in [0.15, 0.2) is 48.5 Å². The molecule has 1 heterocycles. The average molecular weight is 564 g/mol. The van der Waals surface area contributed by atoms with Crippen LogP contribution in [0.4, 0.5) is 4.39 Å². The molecular formula is C28H38FN3O6S. The number of hydrogen-bond acceptors (Lipinski definition) is 6. The van der Waals surface area contributed by atoms with Crippen molar-refractivity contribution in [1.82, 2.24) is 14.1 Å². The highest BCUT2D eigenvalue weighted by molar-refractivity contribution is 7.89. The number of carbonyl (C=O) groups is 2. The van der Waals surface area contributed by atoms with Crippen LogP contribution in [0.1, 0.15) is 30.9 Å². The van der Waals surface area contributed by atoms with Crippen molar-refractivity contribution in [3.8, 4) is 5.75 Å². The third kappa shape index (κ3) is 8.74. The Morgan fingerprint density at radius 1 is 1.05 bits per heavy atom. The molecule has 0 unspecified atom stereocenters. The van der Waals surface area contributed by atoms with E-state index in [0.29, 0.717) is 31.5 Å². The summed E-state index contributed by atoms with van der Waals surface area (Å²) in [6, 6.07) is 13.2. The number of sulfonamides is 1. The van der Waals surface area contributed by atoms with Gasteiger partial charge in [0.1, 0.15) is 11.6 Å². The van der Waals surface area contributed by atoms with Crippen molar-refractivity contribution in [2.75, 3.05) is 52.8 Å². The third-order valence-electron chi connectivity index (χ3n) is 6.95. The Bertz CT molecular complexity index is 1200. The van der Waals surface area contributed by atoms with Gasteiger partial charge in [-0.3, -0.25) is 9.59 Å². The van der Waals surface area contributed by atoms with Crippen molar-refractivity contribution in [2.45, 2.75) is 38.8 Å². The summed E-state index contributed by atoms with van der Waals surface area (Å²) in [6.07, 6.45) is 1.34. The predicted molar refractivity (Wildman–Crippen MR) is 146 cm³/mol. The maximum atomic E-state index is 13.9. The zero-order chi connectivity index (χ0) is 28.4. The Morgan fingerprint density at radius 2 is 1.74 bits per heavy atom. The van der Waals surface area contributed by atoms with Gasteiger partial charge in [0.2, 0.25) is 21.8 Å². The summed E-state index contributed by atoms with van der Waals surface area (Å²) in [5.74, 6) is -0.184. The average Bonchev–Trinajstić information content (AvgIpc) is 2.94. The van der Waals surface area contributed by atoms with Gasteiger partial charge in [0.25, 0.3) is 0 Å². The lowest BCUT2D eigenvalue weighted by Gasteiger charge is -2.39. The zero-order valence-electron chi connectivity index (χ0n) is 22.8. The van der Waals surface area contributed by atoms with Crippen molar-refractivity contribution in [1.29, 1.82) is 0 Å². The quantitative estimate of drug-likeness (QED) is 0.372. The van der Waals surface area contributed by atoms with Gasteiger partial charge >= 0.3 is 0 Å². The number of nitrogens with zero attached hydrogens (tertiary/aromatic N) is 3. The maximum Gasteiger partial charge on any atom is 0.238 e. The second kappa shape index (κ2) is 14.4. The van der Waals surface area contributed by atoms with Crippen LogP contribution in [0.3, 0.4) is 0 Å². The largest absolute Gasteiger partial charge is 0.497 e. The van der Waals surface area contributed by atoms with Crippen LogP contribution in [-0.4, -0.2) is 93.1 Å².